The summed E-state index contributed by atoms with van der Waals surface area (Å²) in [6, 6.07) is 12.7. The third-order valence-electron chi connectivity index (χ3n) is 2.98. The van der Waals surface area contributed by atoms with Crippen LogP contribution in [0.1, 0.15) is 6.92 Å². The molecule has 0 fully saturated rings. The Bertz CT molecular complexity index is 558. The van der Waals surface area contributed by atoms with Gasteiger partial charge in [0, 0.05) is 24.4 Å². The number of nitrogens with zero attached hydrogens (tertiary/aromatic N) is 1. The fourth-order valence-electron chi connectivity index (χ4n) is 2.05. The first-order valence-electron chi connectivity index (χ1n) is 6.13. The Morgan fingerprint density at radius 3 is 2.47 bits per heavy atom. The van der Waals surface area contributed by atoms with Gasteiger partial charge in [0.15, 0.2) is 11.6 Å². The second-order valence-corrected chi connectivity index (χ2v) is 4.13. The molecule has 2 aromatic rings. The van der Waals surface area contributed by atoms with Crippen molar-refractivity contribution in [3.63, 3.8) is 0 Å². The van der Waals surface area contributed by atoms with E-state index >= 15 is 0 Å². The number of ether oxygens (including phenoxy) is 1. The van der Waals surface area contributed by atoms with Crippen LogP contribution in [-0.4, -0.2) is 13.7 Å². The number of rotatable bonds is 4. The molecule has 100 valence electrons. The van der Waals surface area contributed by atoms with E-state index in [1.807, 2.05) is 42.2 Å². The molecule has 0 aliphatic heterocycles. The van der Waals surface area contributed by atoms with Gasteiger partial charge in [-0.3, -0.25) is 0 Å². The van der Waals surface area contributed by atoms with Crippen molar-refractivity contribution in [3.8, 4) is 5.75 Å². The van der Waals surface area contributed by atoms with Crippen LogP contribution >= 0.6 is 0 Å². The molecule has 0 radical (unpaired) electrons. The number of benzene rings is 2. The molecule has 0 amide bonds. The highest BCUT2D eigenvalue weighted by Gasteiger charge is 2.14. The zero-order valence-electron chi connectivity index (χ0n) is 11.1. The van der Waals surface area contributed by atoms with Gasteiger partial charge in [0.2, 0.25) is 0 Å². The van der Waals surface area contributed by atoms with Gasteiger partial charge in [-0.05, 0) is 19.1 Å². The lowest BCUT2D eigenvalue weighted by atomic mass is 10.2. The van der Waals surface area contributed by atoms with Crippen molar-refractivity contribution in [1.82, 2.24) is 0 Å². The number of para-hydroxylation sites is 1. The quantitative estimate of drug-likeness (QED) is 0.854. The number of anilines is 3. The molecule has 0 bridgehead atoms. The van der Waals surface area contributed by atoms with Gasteiger partial charge in [-0.25, -0.2) is 4.39 Å². The SMILES string of the molecule is CCN(c1ccccc1)c1cc(OC)c(F)cc1N. The topological polar surface area (TPSA) is 38.5 Å². The van der Waals surface area contributed by atoms with Crippen LogP contribution in [0.2, 0.25) is 0 Å². The van der Waals surface area contributed by atoms with Gasteiger partial charge in [0.05, 0.1) is 18.5 Å². The molecule has 0 saturated heterocycles. The number of hydrogen-bond donors (Lipinski definition) is 1. The van der Waals surface area contributed by atoms with E-state index in [0.717, 1.165) is 17.9 Å². The van der Waals surface area contributed by atoms with Crippen molar-refractivity contribution >= 4 is 17.1 Å². The normalized spacial score (nSPS) is 10.3. The lowest BCUT2D eigenvalue weighted by Crippen LogP contribution is -2.17. The van der Waals surface area contributed by atoms with Gasteiger partial charge < -0.3 is 15.4 Å². The summed E-state index contributed by atoms with van der Waals surface area (Å²) in [5.74, 6) is -0.258. The van der Waals surface area contributed by atoms with Crippen molar-refractivity contribution in [2.45, 2.75) is 6.92 Å². The molecular formula is C15H17FN2O. The molecule has 0 aromatic heterocycles. The predicted octanol–water partition coefficient (Wildman–Crippen LogP) is 3.57. The van der Waals surface area contributed by atoms with Crippen LogP contribution in [0.5, 0.6) is 5.75 Å². The first kappa shape index (κ1) is 13.2. The molecule has 0 aliphatic carbocycles. The molecule has 2 rings (SSSR count). The molecule has 2 aromatic carbocycles. The summed E-state index contributed by atoms with van der Waals surface area (Å²) in [5.41, 5.74) is 8.06. The van der Waals surface area contributed by atoms with E-state index in [2.05, 4.69) is 0 Å². The van der Waals surface area contributed by atoms with E-state index in [-0.39, 0.29) is 5.75 Å². The summed E-state index contributed by atoms with van der Waals surface area (Å²) < 4.78 is 18.6. The molecule has 0 heterocycles. The third-order valence-corrected chi connectivity index (χ3v) is 2.98. The summed E-state index contributed by atoms with van der Waals surface area (Å²) >= 11 is 0. The van der Waals surface area contributed by atoms with E-state index in [1.54, 1.807) is 6.07 Å². The summed E-state index contributed by atoms with van der Waals surface area (Å²) in [6.07, 6.45) is 0. The molecular weight excluding hydrogens is 243 g/mol. The Kier molecular flexibility index (Phi) is 3.90. The summed E-state index contributed by atoms with van der Waals surface area (Å²) in [5, 5.41) is 0. The molecule has 2 N–H and O–H groups in total. The Labute approximate surface area is 112 Å². The maximum Gasteiger partial charge on any atom is 0.167 e. The average Bonchev–Trinajstić information content (AvgIpc) is 2.43. The summed E-state index contributed by atoms with van der Waals surface area (Å²) in [4.78, 5) is 2.01. The second kappa shape index (κ2) is 5.61. The Morgan fingerprint density at radius 2 is 1.89 bits per heavy atom. The zero-order chi connectivity index (χ0) is 13.8. The minimum absolute atomic E-state index is 0.193. The lowest BCUT2D eigenvalue weighted by molar-refractivity contribution is 0.387. The van der Waals surface area contributed by atoms with Crippen molar-refractivity contribution < 1.29 is 9.13 Å². The molecule has 3 nitrogen and oxygen atoms in total. The van der Waals surface area contributed by atoms with Gasteiger partial charge >= 0.3 is 0 Å². The van der Waals surface area contributed by atoms with E-state index in [9.17, 15) is 4.39 Å². The minimum Gasteiger partial charge on any atom is -0.494 e. The molecule has 19 heavy (non-hydrogen) atoms. The molecule has 4 heteroatoms. The number of hydrogen-bond acceptors (Lipinski definition) is 3. The maximum atomic E-state index is 13.6. The molecule has 0 spiro atoms. The van der Waals surface area contributed by atoms with Crippen molar-refractivity contribution in [2.75, 3.05) is 24.3 Å². The van der Waals surface area contributed by atoms with Gasteiger partial charge in [0.1, 0.15) is 0 Å². The lowest BCUT2D eigenvalue weighted by Gasteiger charge is -2.25. The van der Waals surface area contributed by atoms with Crippen LogP contribution in [0, 0.1) is 5.82 Å². The Hall–Kier alpha value is -2.23. The second-order valence-electron chi connectivity index (χ2n) is 4.13. The van der Waals surface area contributed by atoms with Gasteiger partial charge in [0.25, 0.3) is 0 Å². The average molecular weight is 260 g/mol. The van der Waals surface area contributed by atoms with Crippen LogP contribution in [0.15, 0.2) is 42.5 Å². The van der Waals surface area contributed by atoms with Gasteiger partial charge in [-0.1, -0.05) is 18.2 Å². The van der Waals surface area contributed by atoms with Crippen LogP contribution in [-0.2, 0) is 0 Å². The maximum absolute atomic E-state index is 13.6. The fraction of sp³-hybridized carbons (Fsp3) is 0.200. The molecule has 0 atom stereocenters. The minimum atomic E-state index is -0.451. The zero-order valence-corrected chi connectivity index (χ0v) is 11.1. The number of halogens is 1. The first-order valence-corrected chi connectivity index (χ1v) is 6.13. The van der Waals surface area contributed by atoms with Crippen molar-refractivity contribution in [2.24, 2.45) is 0 Å². The highest BCUT2D eigenvalue weighted by Crippen LogP contribution is 2.34. The van der Waals surface area contributed by atoms with E-state index in [0.29, 0.717) is 5.69 Å². The van der Waals surface area contributed by atoms with E-state index < -0.39 is 5.82 Å². The molecule has 0 aliphatic rings. The Morgan fingerprint density at radius 1 is 1.21 bits per heavy atom. The largest absolute Gasteiger partial charge is 0.494 e. The monoisotopic (exact) mass is 260 g/mol. The van der Waals surface area contributed by atoms with Crippen LogP contribution < -0.4 is 15.4 Å². The number of methoxy groups -OCH3 is 1. The van der Waals surface area contributed by atoms with Crippen molar-refractivity contribution in [3.05, 3.63) is 48.3 Å². The first-order chi connectivity index (χ1) is 9.17. The third kappa shape index (κ3) is 2.62. The molecule has 0 saturated carbocycles. The van der Waals surface area contributed by atoms with Crippen LogP contribution in [0.3, 0.4) is 0 Å². The van der Waals surface area contributed by atoms with Crippen LogP contribution in [0.4, 0.5) is 21.5 Å². The van der Waals surface area contributed by atoms with Gasteiger partial charge in [-0.15, -0.1) is 0 Å². The fourth-order valence-corrected chi connectivity index (χ4v) is 2.05. The number of nitrogens with two attached hydrogens (primary N) is 1. The highest BCUT2D eigenvalue weighted by atomic mass is 19.1. The van der Waals surface area contributed by atoms with Crippen LogP contribution in [0.25, 0.3) is 0 Å². The van der Waals surface area contributed by atoms with Gasteiger partial charge in [-0.2, -0.15) is 0 Å². The standard InChI is InChI=1S/C15H17FN2O/c1-3-18(11-7-5-4-6-8-11)14-10-15(19-2)12(16)9-13(14)17/h4-10H,3,17H2,1-2H3. The number of nitrogen functional groups attached to an aromatic ring is 1. The molecule has 0 unspecified atom stereocenters. The Balaban J connectivity index is 2.50. The summed E-state index contributed by atoms with van der Waals surface area (Å²) in [7, 11) is 1.44. The highest BCUT2D eigenvalue weighted by molar-refractivity contribution is 5.76. The summed E-state index contributed by atoms with van der Waals surface area (Å²) in [6.45, 7) is 2.74. The van der Waals surface area contributed by atoms with E-state index in [1.165, 1.54) is 13.2 Å². The smallest absolute Gasteiger partial charge is 0.167 e. The van der Waals surface area contributed by atoms with E-state index in [4.69, 9.17) is 10.5 Å². The van der Waals surface area contributed by atoms with Crippen molar-refractivity contribution in [1.29, 1.82) is 0 Å². The predicted molar refractivity (Wildman–Crippen MR) is 76.5 cm³/mol.